The van der Waals surface area contributed by atoms with Gasteiger partial charge in [0.2, 0.25) is 0 Å². The van der Waals surface area contributed by atoms with Crippen molar-refractivity contribution < 1.29 is 0 Å². The van der Waals surface area contributed by atoms with Crippen molar-refractivity contribution in [3.8, 4) is 0 Å². The highest BCUT2D eigenvalue weighted by Crippen LogP contribution is 2.22. The second-order valence-electron chi connectivity index (χ2n) is 5.59. The predicted molar refractivity (Wildman–Crippen MR) is 86.8 cm³/mol. The lowest BCUT2D eigenvalue weighted by Gasteiger charge is -2.29. The van der Waals surface area contributed by atoms with Gasteiger partial charge in [0.05, 0.1) is 0 Å². The van der Waals surface area contributed by atoms with E-state index in [2.05, 4.69) is 73.3 Å². The molecule has 0 aliphatic heterocycles. The lowest BCUT2D eigenvalue weighted by molar-refractivity contribution is 0.682. The molecule has 2 aromatic rings. The summed E-state index contributed by atoms with van der Waals surface area (Å²) in [5, 5.41) is 0. The minimum absolute atomic E-state index is 0.0886. The van der Waals surface area contributed by atoms with Gasteiger partial charge in [-0.1, -0.05) is 42.5 Å². The molecule has 2 nitrogen and oxygen atoms in total. The summed E-state index contributed by atoms with van der Waals surface area (Å²) in [6, 6.07) is 19.7. The first kappa shape index (κ1) is 14.6. The summed E-state index contributed by atoms with van der Waals surface area (Å²) >= 11 is 0. The summed E-state index contributed by atoms with van der Waals surface area (Å²) < 4.78 is 0. The Morgan fingerprint density at radius 1 is 0.900 bits per heavy atom. The van der Waals surface area contributed by atoms with Crippen molar-refractivity contribution in [1.82, 2.24) is 0 Å². The van der Waals surface area contributed by atoms with E-state index in [0.29, 0.717) is 6.04 Å². The Labute approximate surface area is 122 Å². The summed E-state index contributed by atoms with van der Waals surface area (Å²) in [6.07, 6.45) is 0. The molecular weight excluding hydrogens is 244 g/mol. The summed E-state index contributed by atoms with van der Waals surface area (Å²) in [5.74, 6) is 0. The van der Waals surface area contributed by atoms with Gasteiger partial charge in [0.25, 0.3) is 0 Å². The Hall–Kier alpha value is -1.80. The van der Waals surface area contributed by atoms with E-state index in [4.69, 9.17) is 5.73 Å². The molecule has 0 heterocycles. The number of benzene rings is 2. The third-order valence-corrected chi connectivity index (χ3v) is 3.57. The topological polar surface area (TPSA) is 29.3 Å². The van der Waals surface area contributed by atoms with Crippen LogP contribution in [-0.2, 0) is 6.54 Å². The van der Waals surface area contributed by atoms with Crippen LogP contribution >= 0.6 is 0 Å². The SMILES string of the molecule is CC(C)N(Cc1ccccc1)c1ccc([C@H](C)N)cc1. The fourth-order valence-electron chi connectivity index (χ4n) is 2.32. The van der Waals surface area contributed by atoms with Crippen LogP contribution in [-0.4, -0.2) is 6.04 Å². The van der Waals surface area contributed by atoms with Crippen LogP contribution in [0.5, 0.6) is 0 Å². The van der Waals surface area contributed by atoms with Gasteiger partial charge >= 0.3 is 0 Å². The summed E-state index contributed by atoms with van der Waals surface area (Å²) in [4.78, 5) is 2.40. The molecule has 20 heavy (non-hydrogen) atoms. The first-order valence-electron chi connectivity index (χ1n) is 7.24. The molecule has 0 saturated carbocycles. The zero-order chi connectivity index (χ0) is 14.5. The largest absolute Gasteiger partial charge is 0.365 e. The van der Waals surface area contributed by atoms with Crippen molar-refractivity contribution in [2.75, 3.05) is 4.90 Å². The van der Waals surface area contributed by atoms with Gasteiger partial charge in [0, 0.05) is 24.3 Å². The number of anilines is 1. The van der Waals surface area contributed by atoms with Crippen LogP contribution in [0.15, 0.2) is 54.6 Å². The first-order valence-corrected chi connectivity index (χ1v) is 7.24. The summed E-state index contributed by atoms with van der Waals surface area (Å²) in [7, 11) is 0. The fourth-order valence-corrected chi connectivity index (χ4v) is 2.32. The van der Waals surface area contributed by atoms with Gasteiger partial charge in [-0.25, -0.2) is 0 Å². The van der Waals surface area contributed by atoms with Crippen LogP contribution in [0, 0.1) is 0 Å². The van der Waals surface area contributed by atoms with E-state index < -0.39 is 0 Å². The highest BCUT2D eigenvalue weighted by Gasteiger charge is 2.11. The highest BCUT2D eigenvalue weighted by atomic mass is 15.1. The van der Waals surface area contributed by atoms with Gasteiger partial charge in [-0.3, -0.25) is 0 Å². The number of nitrogens with two attached hydrogens (primary N) is 1. The Kier molecular flexibility index (Phi) is 4.80. The molecule has 0 amide bonds. The van der Waals surface area contributed by atoms with E-state index in [1.807, 2.05) is 6.92 Å². The zero-order valence-corrected chi connectivity index (χ0v) is 12.6. The molecule has 0 aliphatic rings. The van der Waals surface area contributed by atoms with E-state index in [1.165, 1.54) is 16.8 Å². The molecule has 0 saturated heterocycles. The van der Waals surface area contributed by atoms with Gasteiger partial charge in [-0.15, -0.1) is 0 Å². The molecule has 0 unspecified atom stereocenters. The van der Waals surface area contributed by atoms with E-state index in [-0.39, 0.29) is 6.04 Å². The third-order valence-electron chi connectivity index (χ3n) is 3.57. The summed E-state index contributed by atoms with van der Waals surface area (Å²) in [6.45, 7) is 7.39. The summed E-state index contributed by atoms with van der Waals surface area (Å²) in [5.41, 5.74) is 9.66. The fraction of sp³-hybridized carbons (Fsp3) is 0.333. The van der Waals surface area contributed by atoms with Crippen molar-refractivity contribution in [1.29, 1.82) is 0 Å². The second kappa shape index (κ2) is 6.58. The number of hydrogen-bond acceptors (Lipinski definition) is 2. The maximum Gasteiger partial charge on any atom is 0.0432 e. The number of rotatable bonds is 5. The molecule has 1 atom stereocenters. The first-order chi connectivity index (χ1) is 9.58. The zero-order valence-electron chi connectivity index (χ0n) is 12.6. The van der Waals surface area contributed by atoms with E-state index >= 15 is 0 Å². The Morgan fingerprint density at radius 2 is 1.50 bits per heavy atom. The second-order valence-corrected chi connectivity index (χ2v) is 5.59. The maximum atomic E-state index is 5.91. The molecule has 0 bridgehead atoms. The molecule has 2 heteroatoms. The Balaban J connectivity index is 2.20. The molecule has 2 aromatic carbocycles. The molecule has 106 valence electrons. The van der Waals surface area contributed by atoms with E-state index in [1.54, 1.807) is 0 Å². The van der Waals surface area contributed by atoms with Crippen molar-refractivity contribution in [2.24, 2.45) is 5.73 Å². The molecule has 0 radical (unpaired) electrons. The van der Waals surface area contributed by atoms with Gasteiger partial charge in [0.1, 0.15) is 0 Å². The van der Waals surface area contributed by atoms with E-state index in [9.17, 15) is 0 Å². The molecule has 0 spiro atoms. The average molecular weight is 268 g/mol. The van der Waals surface area contributed by atoms with Gasteiger partial charge in [-0.05, 0) is 44.0 Å². The van der Waals surface area contributed by atoms with E-state index in [0.717, 1.165) is 6.54 Å². The molecule has 0 fully saturated rings. The average Bonchev–Trinajstić information content (AvgIpc) is 2.45. The van der Waals surface area contributed by atoms with Crippen LogP contribution in [0.3, 0.4) is 0 Å². The van der Waals surface area contributed by atoms with Crippen LogP contribution in [0.1, 0.15) is 37.9 Å². The molecule has 0 aromatic heterocycles. The van der Waals surface area contributed by atoms with Crippen molar-refractivity contribution >= 4 is 5.69 Å². The maximum absolute atomic E-state index is 5.91. The molecule has 0 aliphatic carbocycles. The Morgan fingerprint density at radius 3 is 2.00 bits per heavy atom. The third kappa shape index (κ3) is 3.61. The van der Waals surface area contributed by atoms with Gasteiger partial charge in [0.15, 0.2) is 0 Å². The monoisotopic (exact) mass is 268 g/mol. The smallest absolute Gasteiger partial charge is 0.0432 e. The number of hydrogen-bond donors (Lipinski definition) is 1. The van der Waals surface area contributed by atoms with Crippen molar-refractivity contribution in [3.63, 3.8) is 0 Å². The lowest BCUT2D eigenvalue weighted by atomic mass is 10.1. The Bertz CT molecular complexity index is 515. The standard InChI is InChI=1S/C18H24N2/c1-14(2)20(13-16-7-5-4-6-8-16)18-11-9-17(10-12-18)15(3)19/h4-12,14-15H,13,19H2,1-3H3/t15-/m0/s1. The molecular formula is C18H24N2. The van der Waals surface area contributed by atoms with Crippen LogP contribution in [0.4, 0.5) is 5.69 Å². The van der Waals surface area contributed by atoms with Gasteiger partial charge in [-0.2, -0.15) is 0 Å². The minimum Gasteiger partial charge on any atom is -0.365 e. The van der Waals surface area contributed by atoms with Crippen LogP contribution in [0.25, 0.3) is 0 Å². The van der Waals surface area contributed by atoms with Crippen molar-refractivity contribution in [3.05, 3.63) is 65.7 Å². The van der Waals surface area contributed by atoms with Gasteiger partial charge < -0.3 is 10.6 Å². The van der Waals surface area contributed by atoms with Crippen LogP contribution < -0.4 is 10.6 Å². The van der Waals surface area contributed by atoms with Crippen LogP contribution in [0.2, 0.25) is 0 Å². The minimum atomic E-state index is 0.0886. The lowest BCUT2D eigenvalue weighted by Crippen LogP contribution is -2.30. The highest BCUT2D eigenvalue weighted by molar-refractivity contribution is 5.49. The quantitative estimate of drug-likeness (QED) is 0.883. The molecule has 2 N–H and O–H groups in total. The normalized spacial score (nSPS) is 12.4. The van der Waals surface area contributed by atoms with Crippen molar-refractivity contribution in [2.45, 2.75) is 39.4 Å². The predicted octanol–water partition coefficient (Wildman–Crippen LogP) is 4.12. The molecule has 2 rings (SSSR count). The number of nitrogens with zero attached hydrogens (tertiary/aromatic N) is 1.